The van der Waals surface area contributed by atoms with Crippen LogP contribution in [0.3, 0.4) is 0 Å². The van der Waals surface area contributed by atoms with Crippen LogP contribution in [0.5, 0.6) is 0 Å². The predicted molar refractivity (Wildman–Crippen MR) is 45.8 cm³/mol. The maximum absolute atomic E-state index is 5.30. The van der Waals surface area contributed by atoms with Crippen molar-refractivity contribution in [1.82, 2.24) is 15.1 Å². The molecule has 0 unspecified atom stereocenters. The molecule has 0 atom stereocenters. The van der Waals surface area contributed by atoms with Crippen LogP contribution in [0.1, 0.15) is 11.5 Å². The first kappa shape index (κ1) is 7.72. The molecule has 66 valence electrons. The summed E-state index contributed by atoms with van der Waals surface area (Å²) in [5, 5.41) is 3.48. The van der Waals surface area contributed by atoms with Gasteiger partial charge in [0, 0.05) is 12.4 Å². The molecule has 0 amide bonds. The average Bonchev–Trinajstić information content (AvgIpc) is 2.53. The van der Waals surface area contributed by atoms with Crippen molar-refractivity contribution in [3.8, 4) is 0 Å². The highest BCUT2D eigenvalue weighted by Crippen LogP contribution is 2.06. The quantitative estimate of drug-likeness (QED) is 0.726. The first-order valence-corrected chi connectivity index (χ1v) is 3.81. The number of nitrogens with zero attached hydrogens (tertiary/aromatic N) is 3. The molecule has 0 aliphatic heterocycles. The molecule has 2 aromatic rings. The van der Waals surface area contributed by atoms with Crippen molar-refractivity contribution in [1.29, 1.82) is 0 Å². The summed E-state index contributed by atoms with van der Waals surface area (Å²) in [6.45, 7) is 0. The maximum atomic E-state index is 5.30. The van der Waals surface area contributed by atoms with Gasteiger partial charge in [-0.25, -0.2) is 0 Å². The van der Waals surface area contributed by atoms with Gasteiger partial charge in [-0.3, -0.25) is 4.98 Å². The van der Waals surface area contributed by atoms with Gasteiger partial charge in [0.1, 0.15) is 0 Å². The molecule has 2 aromatic heterocycles. The van der Waals surface area contributed by atoms with E-state index in [2.05, 4.69) is 15.1 Å². The molecule has 13 heavy (non-hydrogen) atoms. The number of nitrogen functional groups attached to an aromatic ring is 1. The van der Waals surface area contributed by atoms with E-state index in [4.69, 9.17) is 10.3 Å². The van der Waals surface area contributed by atoms with Gasteiger partial charge in [-0.05, 0) is 16.8 Å². The Kier molecular flexibility index (Phi) is 1.91. The smallest absolute Gasteiger partial charge is 0.260 e. The lowest BCUT2D eigenvalue weighted by Crippen LogP contribution is -1.90. The molecule has 0 aromatic carbocycles. The third-order valence-electron chi connectivity index (χ3n) is 1.56. The highest BCUT2D eigenvalue weighted by Gasteiger charge is 2.03. The highest BCUT2D eigenvalue weighted by atomic mass is 16.5. The molecule has 0 aliphatic rings. The predicted octanol–water partition coefficient (Wildman–Crippen LogP) is 0.638. The molecule has 2 rings (SSSR count). The minimum Gasteiger partial charge on any atom is -0.365 e. The first-order valence-electron chi connectivity index (χ1n) is 3.81. The summed E-state index contributed by atoms with van der Waals surface area (Å²) in [5.41, 5.74) is 6.32. The van der Waals surface area contributed by atoms with Gasteiger partial charge < -0.3 is 10.3 Å². The topological polar surface area (TPSA) is 77.8 Å². The van der Waals surface area contributed by atoms with Crippen molar-refractivity contribution in [3.05, 3.63) is 36.0 Å². The molecule has 0 radical (unpaired) electrons. The molecule has 0 saturated heterocycles. The van der Waals surface area contributed by atoms with Gasteiger partial charge in [-0.1, -0.05) is 6.07 Å². The second-order valence-corrected chi connectivity index (χ2v) is 2.58. The minimum absolute atomic E-state index is 0.166. The van der Waals surface area contributed by atoms with E-state index in [1.54, 1.807) is 12.4 Å². The van der Waals surface area contributed by atoms with E-state index in [0.29, 0.717) is 12.3 Å². The van der Waals surface area contributed by atoms with Gasteiger partial charge in [0.25, 0.3) is 5.95 Å². The highest BCUT2D eigenvalue weighted by molar-refractivity contribution is 5.16. The van der Waals surface area contributed by atoms with Crippen LogP contribution in [-0.4, -0.2) is 15.1 Å². The standard InChI is InChI=1S/C8H8N4O/c9-8-11-7(13-12-8)4-6-2-1-3-10-5-6/h1-3,5H,4H2,(H2,9,12). The van der Waals surface area contributed by atoms with Crippen molar-refractivity contribution in [3.63, 3.8) is 0 Å². The Morgan fingerprint density at radius 3 is 3.00 bits per heavy atom. The van der Waals surface area contributed by atoms with Crippen LogP contribution >= 0.6 is 0 Å². The van der Waals surface area contributed by atoms with E-state index in [1.807, 2.05) is 12.1 Å². The third-order valence-corrected chi connectivity index (χ3v) is 1.56. The van der Waals surface area contributed by atoms with Crippen molar-refractivity contribution in [2.24, 2.45) is 0 Å². The summed E-state index contributed by atoms with van der Waals surface area (Å²) in [5.74, 6) is 0.671. The van der Waals surface area contributed by atoms with Crippen LogP contribution in [0, 0.1) is 0 Å². The number of anilines is 1. The minimum atomic E-state index is 0.166. The van der Waals surface area contributed by atoms with Crippen LogP contribution in [-0.2, 0) is 6.42 Å². The second-order valence-electron chi connectivity index (χ2n) is 2.58. The normalized spacial score (nSPS) is 10.2. The summed E-state index contributed by atoms with van der Waals surface area (Å²) in [7, 11) is 0. The Morgan fingerprint density at radius 1 is 1.46 bits per heavy atom. The van der Waals surface area contributed by atoms with E-state index in [1.165, 1.54) is 0 Å². The molecule has 0 spiro atoms. The number of nitrogens with two attached hydrogens (primary N) is 1. The zero-order valence-electron chi connectivity index (χ0n) is 6.84. The third kappa shape index (κ3) is 1.81. The summed E-state index contributed by atoms with van der Waals surface area (Å²) >= 11 is 0. The van der Waals surface area contributed by atoms with Crippen molar-refractivity contribution >= 4 is 5.95 Å². The number of aromatic nitrogens is 3. The Labute approximate surface area is 74.6 Å². The average molecular weight is 176 g/mol. The Balaban J connectivity index is 2.15. The van der Waals surface area contributed by atoms with Gasteiger partial charge >= 0.3 is 0 Å². The molecular formula is C8H8N4O. The summed E-state index contributed by atoms with van der Waals surface area (Å²) in [4.78, 5) is 7.84. The van der Waals surface area contributed by atoms with Crippen LogP contribution in [0.25, 0.3) is 0 Å². The molecule has 0 saturated carbocycles. The van der Waals surface area contributed by atoms with E-state index >= 15 is 0 Å². The van der Waals surface area contributed by atoms with Crippen LogP contribution < -0.4 is 5.73 Å². The Hall–Kier alpha value is -1.91. The molecule has 0 aliphatic carbocycles. The number of rotatable bonds is 2. The van der Waals surface area contributed by atoms with Crippen LogP contribution in [0.2, 0.25) is 0 Å². The number of pyridine rings is 1. The molecule has 0 bridgehead atoms. The lowest BCUT2D eigenvalue weighted by molar-refractivity contribution is 0.386. The summed E-state index contributed by atoms with van der Waals surface area (Å²) in [6.07, 6.45) is 4.03. The largest absolute Gasteiger partial charge is 0.365 e. The van der Waals surface area contributed by atoms with Crippen molar-refractivity contribution in [2.45, 2.75) is 6.42 Å². The van der Waals surface area contributed by atoms with E-state index in [0.717, 1.165) is 5.56 Å². The molecule has 5 heteroatoms. The Morgan fingerprint density at radius 2 is 2.38 bits per heavy atom. The second kappa shape index (κ2) is 3.22. The fourth-order valence-corrected chi connectivity index (χ4v) is 1.02. The van der Waals surface area contributed by atoms with Gasteiger partial charge in [-0.15, -0.1) is 0 Å². The summed E-state index contributed by atoms with van der Waals surface area (Å²) in [6, 6.07) is 3.79. The monoisotopic (exact) mass is 176 g/mol. The van der Waals surface area contributed by atoms with E-state index < -0.39 is 0 Å². The fourth-order valence-electron chi connectivity index (χ4n) is 1.02. The first-order chi connectivity index (χ1) is 6.34. The van der Waals surface area contributed by atoms with E-state index in [9.17, 15) is 0 Å². The molecule has 2 heterocycles. The maximum Gasteiger partial charge on any atom is 0.260 e. The van der Waals surface area contributed by atoms with Crippen LogP contribution in [0.4, 0.5) is 5.95 Å². The van der Waals surface area contributed by atoms with Gasteiger partial charge in [0.05, 0.1) is 6.42 Å². The number of hydrogen-bond donors (Lipinski definition) is 1. The number of hydrogen-bond acceptors (Lipinski definition) is 5. The van der Waals surface area contributed by atoms with Gasteiger partial charge in [-0.2, -0.15) is 4.98 Å². The SMILES string of the molecule is Nc1noc(Cc2cccnc2)n1. The molecular weight excluding hydrogens is 168 g/mol. The zero-order chi connectivity index (χ0) is 9.10. The molecule has 5 nitrogen and oxygen atoms in total. The fraction of sp³-hybridized carbons (Fsp3) is 0.125. The molecule has 2 N–H and O–H groups in total. The Bertz CT molecular complexity index is 384. The zero-order valence-corrected chi connectivity index (χ0v) is 6.84. The van der Waals surface area contributed by atoms with Gasteiger partial charge in [0.15, 0.2) is 0 Å². The van der Waals surface area contributed by atoms with Crippen molar-refractivity contribution in [2.75, 3.05) is 5.73 Å². The van der Waals surface area contributed by atoms with Gasteiger partial charge in [0.2, 0.25) is 5.89 Å². The lowest BCUT2D eigenvalue weighted by Gasteiger charge is -1.92. The van der Waals surface area contributed by atoms with Crippen molar-refractivity contribution < 1.29 is 4.52 Å². The lowest BCUT2D eigenvalue weighted by atomic mass is 10.2. The molecule has 0 fully saturated rings. The summed E-state index contributed by atoms with van der Waals surface area (Å²) < 4.78 is 4.85. The van der Waals surface area contributed by atoms with E-state index in [-0.39, 0.29) is 5.95 Å². The van der Waals surface area contributed by atoms with Crippen LogP contribution in [0.15, 0.2) is 29.0 Å².